The van der Waals surface area contributed by atoms with Crippen LogP contribution >= 0.6 is 0 Å². The molecule has 2 aromatic carbocycles. The summed E-state index contributed by atoms with van der Waals surface area (Å²) in [5, 5.41) is 11.8. The summed E-state index contributed by atoms with van der Waals surface area (Å²) in [6, 6.07) is 7.32. The van der Waals surface area contributed by atoms with Gasteiger partial charge in [0.15, 0.2) is 17.6 Å². The molecule has 0 aromatic heterocycles. The first kappa shape index (κ1) is 20.0. The minimum atomic E-state index is -1.42. The predicted octanol–water partition coefficient (Wildman–Crippen LogP) is 2.34. The second-order valence-corrected chi connectivity index (χ2v) is 5.55. The first-order valence-corrected chi connectivity index (χ1v) is 7.96. The Morgan fingerprint density at radius 1 is 1.04 bits per heavy atom. The quantitative estimate of drug-likeness (QED) is 0.733. The monoisotopic (exact) mass is 377 g/mol. The standard InChI is InChI=1S/C19H20FNO6/c1-25-14-5-4-6-15(26-2)12(14)10-17(22)21-18(19(23)24)11-7-8-16(27-3)13(20)9-11/h4-9,18H,10H2,1-3H3,(H,21,22)(H,23,24). The molecular formula is C19H20FNO6. The summed E-state index contributed by atoms with van der Waals surface area (Å²) in [5.41, 5.74) is 0.561. The van der Waals surface area contributed by atoms with E-state index in [0.717, 1.165) is 6.07 Å². The van der Waals surface area contributed by atoms with Gasteiger partial charge >= 0.3 is 5.97 Å². The van der Waals surface area contributed by atoms with Gasteiger partial charge in [-0.25, -0.2) is 9.18 Å². The van der Waals surface area contributed by atoms with Crippen molar-refractivity contribution in [2.24, 2.45) is 0 Å². The van der Waals surface area contributed by atoms with Crippen LogP contribution in [0.4, 0.5) is 4.39 Å². The molecular weight excluding hydrogens is 357 g/mol. The van der Waals surface area contributed by atoms with E-state index in [0.29, 0.717) is 17.1 Å². The van der Waals surface area contributed by atoms with Gasteiger partial charge in [-0.3, -0.25) is 4.79 Å². The summed E-state index contributed by atoms with van der Waals surface area (Å²) < 4.78 is 29.2. The van der Waals surface area contributed by atoms with E-state index in [9.17, 15) is 19.1 Å². The van der Waals surface area contributed by atoms with Crippen molar-refractivity contribution in [3.63, 3.8) is 0 Å². The summed E-state index contributed by atoms with van der Waals surface area (Å²) in [7, 11) is 4.21. The average Bonchev–Trinajstić information content (AvgIpc) is 2.65. The molecule has 8 heteroatoms. The number of nitrogens with one attached hydrogen (secondary N) is 1. The Labute approximate surface area is 155 Å². The first-order valence-electron chi connectivity index (χ1n) is 7.96. The zero-order chi connectivity index (χ0) is 20.0. The number of carbonyl (C=O) groups is 2. The van der Waals surface area contributed by atoms with Crippen LogP contribution < -0.4 is 19.5 Å². The fourth-order valence-electron chi connectivity index (χ4n) is 2.62. The fourth-order valence-corrected chi connectivity index (χ4v) is 2.62. The molecule has 0 heterocycles. The Kier molecular flexibility index (Phi) is 6.59. The van der Waals surface area contributed by atoms with Gasteiger partial charge in [-0.05, 0) is 29.8 Å². The molecule has 0 bridgehead atoms. The van der Waals surface area contributed by atoms with Crippen molar-refractivity contribution in [3.05, 3.63) is 53.3 Å². The van der Waals surface area contributed by atoms with Crippen LogP contribution in [0.5, 0.6) is 17.2 Å². The van der Waals surface area contributed by atoms with Crippen LogP contribution in [0.15, 0.2) is 36.4 Å². The number of carboxylic acid groups (broad SMARTS) is 1. The molecule has 2 aromatic rings. The number of carbonyl (C=O) groups excluding carboxylic acids is 1. The Hall–Kier alpha value is -3.29. The number of methoxy groups -OCH3 is 3. The number of halogens is 1. The third-order valence-electron chi connectivity index (χ3n) is 3.93. The molecule has 2 N–H and O–H groups in total. The molecule has 0 fully saturated rings. The average molecular weight is 377 g/mol. The van der Waals surface area contributed by atoms with Crippen molar-refractivity contribution in [2.45, 2.75) is 12.5 Å². The largest absolute Gasteiger partial charge is 0.496 e. The second-order valence-electron chi connectivity index (χ2n) is 5.55. The predicted molar refractivity (Wildman–Crippen MR) is 94.7 cm³/mol. The highest BCUT2D eigenvalue weighted by molar-refractivity contribution is 5.86. The van der Waals surface area contributed by atoms with Crippen LogP contribution in [0.2, 0.25) is 0 Å². The van der Waals surface area contributed by atoms with Crippen LogP contribution in [-0.4, -0.2) is 38.3 Å². The van der Waals surface area contributed by atoms with E-state index in [1.54, 1.807) is 18.2 Å². The van der Waals surface area contributed by atoms with Crippen LogP contribution in [0.25, 0.3) is 0 Å². The van der Waals surface area contributed by atoms with Gasteiger partial charge in [0.2, 0.25) is 5.91 Å². The number of ether oxygens (including phenoxy) is 3. The van der Waals surface area contributed by atoms with Gasteiger partial charge in [-0.1, -0.05) is 12.1 Å². The molecule has 0 aliphatic carbocycles. The minimum Gasteiger partial charge on any atom is -0.496 e. The maximum Gasteiger partial charge on any atom is 0.330 e. The number of hydrogen-bond donors (Lipinski definition) is 2. The molecule has 2 rings (SSSR count). The zero-order valence-electron chi connectivity index (χ0n) is 15.1. The molecule has 7 nitrogen and oxygen atoms in total. The number of benzene rings is 2. The highest BCUT2D eigenvalue weighted by Gasteiger charge is 2.24. The Balaban J connectivity index is 2.24. The lowest BCUT2D eigenvalue weighted by molar-refractivity contribution is -0.142. The van der Waals surface area contributed by atoms with Gasteiger partial charge in [-0.15, -0.1) is 0 Å². The van der Waals surface area contributed by atoms with Gasteiger partial charge in [0.25, 0.3) is 0 Å². The second kappa shape index (κ2) is 8.88. The van der Waals surface area contributed by atoms with E-state index in [1.165, 1.54) is 33.5 Å². The van der Waals surface area contributed by atoms with E-state index < -0.39 is 23.7 Å². The number of hydrogen-bond acceptors (Lipinski definition) is 5. The SMILES string of the molecule is COc1ccc(C(NC(=O)Cc2c(OC)cccc2OC)C(=O)O)cc1F. The summed E-state index contributed by atoms with van der Waals surface area (Å²) in [5.74, 6) is -1.77. The lowest BCUT2D eigenvalue weighted by Gasteiger charge is -2.17. The van der Waals surface area contributed by atoms with Crippen LogP contribution in [0.3, 0.4) is 0 Å². The lowest BCUT2D eigenvalue weighted by Crippen LogP contribution is -2.35. The molecule has 0 saturated carbocycles. The maximum atomic E-state index is 13.9. The molecule has 144 valence electrons. The molecule has 0 aliphatic heterocycles. The Bertz CT molecular complexity index is 817. The van der Waals surface area contributed by atoms with E-state index in [4.69, 9.17) is 14.2 Å². The number of amides is 1. The van der Waals surface area contributed by atoms with Crippen LogP contribution in [0.1, 0.15) is 17.2 Å². The minimum absolute atomic E-state index is 0.0204. The third kappa shape index (κ3) is 4.66. The molecule has 0 saturated heterocycles. The van der Waals surface area contributed by atoms with Crippen molar-refractivity contribution in [2.75, 3.05) is 21.3 Å². The van der Waals surface area contributed by atoms with E-state index in [-0.39, 0.29) is 17.7 Å². The lowest BCUT2D eigenvalue weighted by atomic mass is 10.0. The number of aliphatic carboxylic acids is 1. The van der Waals surface area contributed by atoms with Crippen molar-refractivity contribution in [1.29, 1.82) is 0 Å². The molecule has 27 heavy (non-hydrogen) atoms. The van der Waals surface area contributed by atoms with Gasteiger partial charge in [0.1, 0.15) is 11.5 Å². The van der Waals surface area contributed by atoms with Crippen LogP contribution in [-0.2, 0) is 16.0 Å². The molecule has 1 atom stereocenters. The molecule has 1 unspecified atom stereocenters. The number of rotatable bonds is 8. The highest BCUT2D eigenvalue weighted by atomic mass is 19.1. The van der Waals surface area contributed by atoms with Crippen molar-refractivity contribution < 1.29 is 33.3 Å². The molecule has 0 radical (unpaired) electrons. The van der Waals surface area contributed by atoms with Gasteiger partial charge in [0, 0.05) is 5.56 Å². The summed E-state index contributed by atoms with van der Waals surface area (Å²) in [6.07, 6.45) is -0.171. The highest BCUT2D eigenvalue weighted by Crippen LogP contribution is 2.29. The van der Waals surface area contributed by atoms with Gasteiger partial charge in [0.05, 0.1) is 27.8 Å². The van der Waals surface area contributed by atoms with Crippen molar-refractivity contribution in [1.82, 2.24) is 5.32 Å². The van der Waals surface area contributed by atoms with E-state index >= 15 is 0 Å². The summed E-state index contributed by atoms with van der Waals surface area (Å²) in [4.78, 5) is 24.0. The van der Waals surface area contributed by atoms with Gasteiger partial charge in [-0.2, -0.15) is 0 Å². The smallest absolute Gasteiger partial charge is 0.330 e. The summed E-state index contributed by atoms with van der Waals surface area (Å²) in [6.45, 7) is 0. The fraction of sp³-hybridized carbons (Fsp3) is 0.263. The summed E-state index contributed by atoms with van der Waals surface area (Å²) >= 11 is 0. The molecule has 1 amide bonds. The van der Waals surface area contributed by atoms with Crippen molar-refractivity contribution in [3.8, 4) is 17.2 Å². The van der Waals surface area contributed by atoms with Gasteiger partial charge < -0.3 is 24.6 Å². The number of carboxylic acids is 1. The topological polar surface area (TPSA) is 94.1 Å². The van der Waals surface area contributed by atoms with Crippen molar-refractivity contribution >= 4 is 11.9 Å². The Morgan fingerprint density at radius 2 is 1.63 bits per heavy atom. The zero-order valence-corrected chi connectivity index (χ0v) is 15.1. The first-order chi connectivity index (χ1) is 12.9. The molecule has 0 aliphatic rings. The molecule has 0 spiro atoms. The van der Waals surface area contributed by atoms with Crippen LogP contribution in [0, 0.1) is 5.82 Å². The van der Waals surface area contributed by atoms with E-state index in [1.807, 2.05) is 0 Å². The Morgan fingerprint density at radius 3 is 2.11 bits per heavy atom. The maximum absolute atomic E-state index is 13.9. The normalized spacial score (nSPS) is 11.4. The third-order valence-corrected chi connectivity index (χ3v) is 3.93. The van der Waals surface area contributed by atoms with E-state index in [2.05, 4.69) is 5.32 Å².